The number of hydrogen-bond acceptors (Lipinski definition) is 3. The molecule has 0 aromatic heterocycles. The molecule has 0 unspecified atom stereocenters. The lowest BCUT2D eigenvalue weighted by Gasteiger charge is -2.04. The van der Waals surface area contributed by atoms with Gasteiger partial charge in [-0.15, -0.1) is 0 Å². The van der Waals surface area contributed by atoms with Crippen LogP contribution in [0.1, 0.15) is 18.1 Å². The molecule has 16 heavy (non-hydrogen) atoms. The van der Waals surface area contributed by atoms with Crippen LogP contribution in [0.2, 0.25) is 0 Å². The fourth-order valence-electron chi connectivity index (χ4n) is 1.39. The second-order valence-electron chi connectivity index (χ2n) is 3.43. The van der Waals surface area contributed by atoms with Crippen molar-refractivity contribution in [1.29, 1.82) is 0 Å². The van der Waals surface area contributed by atoms with E-state index in [-0.39, 0.29) is 5.12 Å². The third-order valence-electron chi connectivity index (χ3n) is 2.10. The number of nitrogens with one attached hydrogen (secondary N) is 1. The second kappa shape index (κ2) is 7.25. The summed E-state index contributed by atoms with van der Waals surface area (Å²) < 4.78 is 0. The SMILES string of the molecule is CNCc1ccccc1C=CCSC(C)=O. The molecule has 1 aromatic carbocycles. The summed E-state index contributed by atoms with van der Waals surface area (Å²) in [5.74, 6) is 0.739. The zero-order chi connectivity index (χ0) is 11.8. The fraction of sp³-hybridized carbons (Fsp3) is 0.308. The molecule has 2 nitrogen and oxygen atoms in total. The summed E-state index contributed by atoms with van der Waals surface area (Å²) in [5, 5.41) is 3.30. The molecular weight excluding hydrogens is 218 g/mol. The first-order chi connectivity index (χ1) is 7.74. The highest BCUT2D eigenvalue weighted by atomic mass is 32.2. The Bertz CT molecular complexity index is 374. The van der Waals surface area contributed by atoms with Gasteiger partial charge in [0.25, 0.3) is 0 Å². The highest BCUT2D eigenvalue weighted by molar-refractivity contribution is 8.13. The van der Waals surface area contributed by atoms with E-state index in [1.54, 1.807) is 6.92 Å². The molecular formula is C13H17NOS. The average Bonchev–Trinajstić information content (AvgIpc) is 2.26. The first-order valence-electron chi connectivity index (χ1n) is 5.26. The number of benzene rings is 1. The van der Waals surface area contributed by atoms with Crippen LogP contribution in [0, 0.1) is 0 Å². The van der Waals surface area contributed by atoms with Crippen molar-refractivity contribution in [3.63, 3.8) is 0 Å². The number of carbonyl (C=O) groups is 1. The summed E-state index contributed by atoms with van der Waals surface area (Å²) in [4.78, 5) is 10.7. The number of hydrogen-bond donors (Lipinski definition) is 1. The van der Waals surface area contributed by atoms with E-state index in [1.807, 2.05) is 25.3 Å². The lowest BCUT2D eigenvalue weighted by Crippen LogP contribution is -2.06. The molecule has 1 rings (SSSR count). The van der Waals surface area contributed by atoms with Crippen LogP contribution in [0.4, 0.5) is 0 Å². The van der Waals surface area contributed by atoms with E-state index in [0.717, 1.165) is 12.3 Å². The zero-order valence-corrected chi connectivity index (χ0v) is 10.5. The van der Waals surface area contributed by atoms with Crippen molar-refractivity contribution in [2.45, 2.75) is 13.5 Å². The van der Waals surface area contributed by atoms with Crippen molar-refractivity contribution in [1.82, 2.24) is 5.32 Å². The van der Waals surface area contributed by atoms with Crippen molar-refractivity contribution in [2.24, 2.45) is 0 Å². The van der Waals surface area contributed by atoms with Gasteiger partial charge in [-0.1, -0.05) is 48.2 Å². The zero-order valence-electron chi connectivity index (χ0n) is 9.69. The molecule has 0 saturated heterocycles. The topological polar surface area (TPSA) is 29.1 Å². The van der Waals surface area contributed by atoms with Crippen LogP contribution >= 0.6 is 11.8 Å². The van der Waals surface area contributed by atoms with Gasteiger partial charge < -0.3 is 5.32 Å². The molecule has 0 bridgehead atoms. The molecule has 0 amide bonds. The van der Waals surface area contributed by atoms with Gasteiger partial charge >= 0.3 is 0 Å². The van der Waals surface area contributed by atoms with Crippen molar-refractivity contribution < 1.29 is 4.79 Å². The number of carbonyl (C=O) groups excluding carboxylic acids is 1. The van der Waals surface area contributed by atoms with Gasteiger partial charge in [0.15, 0.2) is 5.12 Å². The molecule has 86 valence electrons. The monoisotopic (exact) mass is 235 g/mol. The normalized spacial score (nSPS) is 10.9. The molecule has 0 heterocycles. The summed E-state index contributed by atoms with van der Waals surface area (Å²) in [6.07, 6.45) is 4.10. The Balaban J connectivity index is 2.61. The van der Waals surface area contributed by atoms with Crippen LogP contribution in [0.15, 0.2) is 30.3 Å². The van der Waals surface area contributed by atoms with Crippen LogP contribution in [0.25, 0.3) is 6.08 Å². The van der Waals surface area contributed by atoms with Gasteiger partial charge in [-0.2, -0.15) is 0 Å². The summed E-state index contributed by atoms with van der Waals surface area (Å²) in [5.41, 5.74) is 2.48. The van der Waals surface area contributed by atoms with Gasteiger partial charge in [-0.3, -0.25) is 4.79 Å². The Morgan fingerprint density at radius 3 is 2.88 bits per heavy atom. The first-order valence-corrected chi connectivity index (χ1v) is 6.25. The summed E-state index contributed by atoms with van der Waals surface area (Å²) >= 11 is 1.33. The highest BCUT2D eigenvalue weighted by Crippen LogP contribution is 2.11. The Kier molecular flexibility index (Phi) is 5.90. The second-order valence-corrected chi connectivity index (χ2v) is 4.63. The van der Waals surface area contributed by atoms with Crippen LogP contribution < -0.4 is 5.32 Å². The summed E-state index contributed by atoms with van der Waals surface area (Å²) in [6, 6.07) is 8.25. The molecule has 0 aliphatic carbocycles. The van der Waals surface area contributed by atoms with E-state index < -0.39 is 0 Å². The summed E-state index contributed by atoms with van der Waals surface area (Å²) in [7, 11) is 1.94. The van der Waals surface area contributed by atoms with Crippen LogP contribution in [-0.4, -0.2) is 17.9 Å². The van der Waals surface area contributed by atoms with Crippen LogP contribution in [-0.2, 0) is 11.3 Å². The standard InChI is InChI=1S/C13H17NOS/c1-11(15)16-9-5-8-12-6-3-4-7-13(12)10-14-2/h3-8,14H,9-10H2,1-2H3. The smallest absolute Gasteiger partial charge is 0.186 e. The molecule has 0 aliphatic rings. The highest BCUT2D eigenvalue weighted by Gasteiger charge is 1.96. The molecule has 0 fully saturated rings. The molecule has 0 aliphatic heterocycles. The first kappa shape index (κ1) is 13.0. The molecule has 0 atom stereocenters. The maximum absolute atomic E-state index is 10.7. The fourth-order valence-corrected chi connectivity index (χ4v) is 1.82. The van der Waals surface area contributed by atoms with E-state index >= 15 is 0 Å². The molecule has 3 heteroatoms. The third-order valence-corrected chi connectivity index (χ3v) is 2.87. The maximum atomic E-state index is 10.7. The quantitative estimate of drug-likeness (QED) is 0.851. The van der Waals surface area contributed by atoms with E-state index in [0.29, 0.717) is 0 Å². The minimum atomic E-state index is 0.160. The Morgan fingerprint density at radius 2 is 2.19 bits per heavy atom. The number of rotatable bonds is 5. The average molecular weight is 235 g/mol. The Hall–Kier alpha value is -1.06. The summed E-state index contributed by atoms with van der Waals surface area (Å²) in [6.45, 7) is 2.45. The van der Waals surface area contributed by atoms with Crippen LogP contribution in [0.3, 0.4) is 0 Å². The van der Waals surface area contributed by atoms with E-state index in [4.69, 9.17) is 0 Å². The number of thioether (sulfide) groups is 1. The van der Waals surface area contributed by atoms with Crippen molar-refractivity contribution in [3.8, 4) is 0 Å². The van der Waals surface area contributed by atoms with Crippen LogP contribution in [0.5, 0.6) is 0 Å². The minimum absolute atomic E-state index is 0.160. The third kappa shape index (κ3) is 4.64. The van der Waals surface area contributed by atoms with E-state index in [9.17, 15) is 4.79 Å². The van der Waals surface area contributed by atoms with E-state index in [1.165, 1.54) is 22.9 Å². The van der Waals surface area contributed by atoms with Gasteiger partial charge in [0, 0.05) is 19.2 Å². The van der Waals surface area contributed by atoms with Gasteiger partial charge in [-0.05, 0) is 18.2 Å². The van der Waals surface area contributed by atoms with E-state index in [2.05, 4.69) is 23.5 Å². The van der Waals surface area contributed by atoms with Gasteiger partial charge in [-0.25, -0.2) is 0 Å². The van der Waals surface area contributed by atoms with Gasteiger partial charge in [0.2, 0.25) is 0 Å². The Morgan fingerprint density at radius 1 is 1.44 bits per heavy atom. The van der Waals surface area contributed by atoms with Crippen molar-refractivity contribution in [2.75, 3.05) is 12.8 Å². The van der Waals surface area contributed by atoms with Gasteiger partial charge in [0.1, 0.15) is 0 Å². The lowest BCUT2D eigenvalue weighted by molar-refractivity contribution is -0.109. The van der Waals surface area contributed by atoms with Crippen molar-refractivity contribution in [3.05, 3.63) is 41.5 Å². The molecule has 1 N–H and O–H groups in total. The largest absolute Gasteiger partial charge is 0.316 e. The van der Waals surface area contributed by atoms with Crippen molar-refractivity contribution >= 4 is 23.0 Å². The maximum Gasteiger partial charge on any atom is 0.186 e. The lowest BCUT2D eigenvalue weighted by atomic mass is 10.1. The predicted molar refractivity (Wildman–Crippen MR) is 71.4 cm³/mol. The predicted octanol–water partition coefficient (Wildman–Crippen LogP) is 2.70. The Labute approximate surface area is 101 Å². The molecule has 0 spiro atoms. The van der Waals surface area contributed by atoms with Gasteiger partial charge in [0.05, 0.1) is 0 Å². The molecule has 0 saturated carbocycles. The molecule has 1 aromatic rings. The molecule has 0 radical (unpaired) electrons. The minimum Gasteiger partial charge on any atom is -0.316 e.